The van der Waals surface area contributed by atoms with Gasteiger partial charge in [-0.2, -0.15) is 0 Å². The minimum Gasteiger partial charge on any atom is -0.480 e. The van der Waals surface area contributed by atoms with Crippen molar-refractivity contribution in [2.75, 3.05) is 20.4 Å². The highest BCUT2D eigenvalue weighted by molar-refractivity contribution is 5.97. The minimum absolute atomic E-state index is 0.0858. The van der Waals surface area contributed by atoms with Crippen LogP contribution < -0.4 is 5.32 Å². The summed E-state index contributed by atoms with van der Waals surface area (Å²) in [4.78, 5) is 35.1. The third-order valence-electron chi connectivity index (χ3n) is 5.06. The van der Waals surface area contributed by atoms with E-state index in [2.05, 4.69) is 57.9 Å². The van der Waals surface area contributed by atoms with Crippen molar-refractivity contribution in [3.8, 4) is 0 Å². The summed E-state index contributed by atoms with van der Waals surface area (Å²) in [5.74, 6) is -1.51. The van der Waals surface area contributed by atoms with Gasteiger partial charge in [0.25, 0.3) is 0 Å². The largest absolute Gasteiger partial charge is 0.480 e. The molecule has 4 N–H and O–H groups in total. The van der Waals surface area contributed by atoms with E-state index in [1.54, 1.807) is 26.4 Å². The summed E-state index contributed by atoms with van der Waals surface area (Å²) in [5.41, 5.74) is 3.03. The average Bonchev–Trinajstić information content (AvgIpc) is 3.46. The molecule has 0 fully saturated rings. The zero-order valence-electron chi connectivity index (χ0n) is 21.8. The number of aromatic nitrogens is 5. The molecule has 0 aliphatic carbocycles. The number of imidazole rings is 1. The van der Waals surface area contributed by atoms with Gasteiger partial charge in [-0.25, -0.2) is 19.5 Å². The highest BCUT2D eigenvalue weighted by Crippen LogP contribution is 2.24. The smallest absolute Gasteiger partial charge is 0.330 e. The number of H-pyrrole nitrogens is 1. The van der Waals surface area contributed by atoms with Gasteiger partial charge in [-0.3, -0.25) is 4.79 Å². The second kappa shape index (κ2) is 13.3. The number of aliphatic hydroxyl groups is 1. The van der Waals surface area contributed by atoms with Crippen molar-refractivity contribution in [2.24, 2.45) is 4.99 Å². The van der Waals surface area contributed by atoms with E-state index in [0.717, 1.165) is 16.1 Å². The molecule has 0 aliphatic heterocycles. The molecule has 37 heavy (non-hydrogen) atoms. The summed E-state index contributed by atoms with van der Waals surface area (Å²) in [5, 5.41) is 28.9. The van der Waals surface area contributed by atoms with Gasteiger partial charge < -0.3 is 30.0 Å². The highest BCUT2D eigenvalue weighted by Gasteiger charge is 2.21. The lowest BCUT2D eigenvalue weighted by Crippen LogP contribution is -2.23. The molecule has 1 unspecified atom stereocenters. The van der Waals surface area contributed by atoms with Gasteiger partial charge in [0, 0.05) is 36.5 Å². The first-order chi connectivity index (χ1) is 17.5. The Bertz CT molecular complexity index is 1140. The number of allylic oxidation sites excluding steroid dienone is 1. The molecule has 2 rings (SSSR count). The molecule has 0 spiro atoms. The van der Waals surface area contributed by atoms with Crippen LogP contribution in [0.4, 0.5) is 0 Å². The second-order valence-electron chi connectivity index (χ2n) is 9.23. The van der Waals surface area contributed by atoms with Gasteiger partial charge in [0.1, 0.15) is 0 Å². The Kier molecular flexibility index (Phi) is 10.5. The molecule has 202 valence electrons. The number of likely N-dealkylation sites (N-methyl/N-ethyl adjacent to an activating group) is 1. The number of aliphatic hydroxyl groups excluding tert-OH is 1. The number of carbonyl (C=O) groups is 2. The maximum Gasteiger partial charge on any atom is 0.330 e. The number of aliphatic imine (C=N–C) groups is 1. The van der Waals surface area contributed by atoms with Crippen LogP contribution in [0.15, 0.2) is 35.5 Å². The number of rotatable bonds is 13. The molecule has 2 aromatic rings. The van der Waals surface area contributed by atoms with Crippen LogP contribution in [0.1, 0.15) is 63.7 Å². The average molecular weight is 518 g/mol. The fourth-order valence-corrected chi connectivity index (χ4v) is 3.23. The van der Waals surface area contributed by atoms with Crippen LogP contribution in [0.2, 0.25) is 0 Å². The summed E-state index contributed by atoms with van der Waals surface area (Å²) in [6.45, 7) is 10.8. The number of carboxylic acids is 1. The van der Waals surface area contributed by atoms with Crippen molar-refractivity contribution in [1.82, 2.24) is 30.3 Å². The molecule has 0 bridgehead atoms. The van der Waals surface area contributed by atoms with Crippen molar-refractivity contribution >= 4 is 23.9 Å². The van der Waals surface area contributed by atoms with Crippen molar-refractivity contribution in [3.05, 3.63) is 47.6 Å². The van der Waals surface area contributed by atoms with Gasteiger partial charge in [0.15, 0.2) is 6.04 Å². The normalized spacial score (nSPS) is 13.2. The van der Waals surface area contributed by atoms with Gasteiger partial charge in [-0.05, 0) is 25.8 Å². The van der Waals surface area contributed by atoms with E-state index in [1.165, 1.54) is 6.20 Å². The molecule has 2 heterocycles. The molecule has 0 amide bonds. The van der Waals surface area contributed by atoms with Crippen LogP contribution in [0.3, 0.4) is 0 Å². The van der Waals surface area contributed by atoms with Crippen LogP contribution in [-0.4, -0.2) is 73.5 Å². The van der Waals surface area contributed by atoms with E-state index >= 15 is 0 Å². The Balaban J connectivity index is 1.93. The number of hydrogen-bond donors (Lipinski definition) is 4. The number of hydrogen-bond acceptors (Lipinski definition) is 10. The van der Waals surface area contributed by atoms with E-state index in [9.17, 15) is 9.59 Å². The lowest BCUT2D eigenvalue weighted by molar-refractivity contribution is -0.151. The molecule has 2 aromatic heterocycles. The molecule has 1 atom stereocenters. The summed E-state index contributed by atoms with van der Waals surface area (Å²) in [6.07, 6.45) is 5.71. The fourth-order valence-electron chi connectivity index (χ4n) is 3.23. The van der Waals surface area contributed by atoms with Crippen LogP contribution in [0, 0.1) is 0 Å². The topological polar surface area (TPSA) is 177 Å². The van der Waals surface area contributed by atoms with Crippen LogP contribution in [-0.2, 0) is 30.9 Å². The quantitative estimate of drug-likeness (QED) is 0.133. The van der Waals surface area contributed by atoms with E-state index in [0.29, 0.717) is 29.9 Å². The molecular formula is C24H35N7O6. The lowest BCUT2D eigenvalue weighted by Gasteiger charge is -2.18. The Morgan fingerprint density at radius 2 is 2.08 bits per heavy atom. The molecule has 13 heteroatoms. The number of aryl methyl sites for hydroxylation is 1. The summed E-state index contributed by atoms with van der Waals surface area (Å²) >= 11 is 0. The lowest BCUT2D eigenvalue weighted by atomic mass is 9.90. The molecule has 0 aromatic carbocycles. The van der Waals surface area contributed by atoms with E-state index in [1.807, 2.05) is 0 Å². The predicted octanol–water partition coefficient (Wildman–Crippen LogP) is 1.95. The standard InChI is InChI=1S/C24H35N7O6/c1-15(2)28-22(18(25-6)10-17-21(24(3,4)5)27-13-26-17)37-14-36-20(33)9-7-8-16-11-31(30-29-16)19(12-32)23(34)35/h10-11,13,19,25,32H,1,7-9,12,14H2,2-6H3,(H,26,27)(H,34,35)/b18-10-,28-22?. The second-order valence-corrected chi connectivity index (χ2v) is 9.23. The van der Waals surface area contributed by atoms with Crippen LogP contribution >= 0.6 is 0 Å². The number of carbonyl (C=O) groups excluding carboxylic acids is 1. The molecule has 0 aliphatic rings. The molecule has 0 saturated heterocycles. The summed E-state index contributed by atoms with van der Waals surface area (Å²) in [7, 11) is 1.72. The summed E-state index contributed by atoms with van der Waals surface area (Å²) < 4.78 is 11.9. The molecular weight excluding hydrogens is 482 g/mol. The Morgan fingerprint density at radius 1 is 1.35 bits per heavy atom. The van der Waals surface area contributed by atoms with Crippen molar-refractivity contribution in [2.45, 2.75) is 58.4 Å². The van der Waals surface area contributed by atoms with E-state index in [-0.39, 0.29) is 24.5 Å². The first kappa shape index (κ1) is 29.2. The van der Waals surface area contributed by atoms with Crippen molar-refractivity contribution in [3.63, 3.8) is 0 Å². The minimum atomic E-state index is -1.22. The number of aromatic amines is 1. The third kappa shape index (κ3) is 8.86. The van der Waals surface area contributed by atoms with Crippen molar-refractivity contribution in [1.29, 1.82) is 0 Å². The maximum absolute atomic E-state index is 12.2. The Morgan fingerprint density at radius 3 is 2.68 bits per heavy atom. The van der Waals surface area contributed by atoms with Crippen LogP contribution in [0.25, 0.3) is 6.08 Å². The number of aliphatic carboxylic acids is 1. The SMILES string of the molecule is C=C(C)N=C(OCOC(=O)CCCc1cn(C(CO)C(=O)O)nn1)/C(=C/c1nc[nH]c1C(C)(C)C)NC. The maximum atomic E-state index is 12.2. The van der Waals surface area contributed by atoms with Gasteiger partial charge in [0.2, 0.25) is 12.7 Å². The molecule has 13 nitrogen and oxygen atoms in total. The van der Waals surface area contributed by atoms with Gasteiger partial charge in [0.05, 0.1) is 30.0 Å². The number of carboxylic acid groups (broad SMARTS) is 1. The predicted molar refractivity (Wildman–Crippen MR) is 135 cm³/mol. The van der Waals surface area contributed by atoms with E-state index in [4.69, 9.17) is 19.7 Å². The Hall–Kier alpha value is -4.00. The first-order valence-corrected chi connectivity index (χ1v) is 11.7. The third-order valence-corrected chi connectivity index (χ3v) is 5.06. The zero-order chi connectivity index (χ0) is 27.6. The zero-order valence-corrected chi connectivity index (χ0v) is 21.8. The Labute approximate surface area is 215 Å². The number of esters is 1. The number of ether oxygens (including phenoxy) is 2. The highest BCUT2D eigenvalue weighted by atomic mass is 16.7. The van der Waals surface area contributed by atoms with Crippen molar-refractivity contribution < 1.29 is 29.3 Å². The first-order valence-electron chi connectivity index (χ1n) is 11.7. The molecule has 0 saturated carbocycles. The van der Waals surface area contributed by atoms with Gasteiger partial charge >= 0.3 is 11.9 Å². The number of nitrogens with one attached hydrogen (secondary N) is 2. The molecule has 0 radical (unpaired) electrons. The monoisotopic (exact) mass is 517 g/mol. The van der Waals surface area contributed by atoms with E-state index < -0.39 is 24.6 Å². The van der Waals surface area contributed by atoms with Gasteiger partial charge in [-0.1, -0.05) is 32.6 Å². The van der Waals surface area contributed by atoms with Gasteiger partial charge in [-0.15, -0.1) is 5.10 Å². The van der Waals surface area contributed by atoms with Crippen LogP contribution in [0.5, 0.6) is 0 Å². The summed E-state index contributed by atoms with van der Waals surface area (Å²) in [6, 6.07) is -1.21. The fraction of sp³-hybridized carbons (Fsp3) is 0.500. The number of nitrogens with zero attached hydrogens (tertiary/aromatic N) is 5.